The van der Waals surface area contributed by atoms with Gasteiger partial charge in [-0.3, -0.25) is 0 Å². The number of nitrogens with one attached hydrogen (secondary N) is 1. The number of piperidine rings is 1. The van der Waals surface area contributed by atoms with E-state index < -0.39 is 0 Å². The van der Waals surface area contributed by atoms with Gasteiger partial charge in [0.25, 0.3) is 0 Å². The van der Waals surface area contributed by atoms with Crippen molar-refractivity contribution >= 4 is 16.5 Å². The zero-order valence-corrected chi connectivity index (χ0v) is 11.9. The number of aromatic nitrogens is 1. The molecular weight excluding hydrogens is 230 g/mol. The highest BCUT2D eigenvalue weighted by Crippen LogP contribution is 2.30. The molecule has 1 saturated heterocycles. The highest BCUT2D eigenvalue weighted by molar-refractivity contribution is 7.15. The molecule has 0 spiro atoms. The minimum absolute atomic E-state index is 0.643. The third kappa shape index (κ3) is 3.19. The molecule has 0 saturated carbocycles. The lowest BCUT2D eigenvalue weighted by atomic mass is 9.96. The second-order valence-electron chi connectivity index (χ2n) is 5.07. The van der Waals surface area contributed by atoms with E-state index in [-0.39, 0.29) is 0 Å². The van der Waals surface area contributed by atoms with Crippen LogP contribution >= 0.6 is 11.3 Å². The fourth-order valence-electron chi connectivity index (χ4n) is 2.32. The van der Waals surface area contributed by atoms with Crippen LogP contribution in [-0.2, 0) is 6.54 Å². The van der Waals surface area contributed by atoms with E-state index >= 15 is 0 Å². The summed E-state index contributed by atoms with van der Waals surface area (Å²) in [6.07, 6.45) is 4.67. The van der Waals surface area contributed by atoms with Crippen molar-refractivity contribution in [1.82, 2.24) is 10.3 Å². The number of hydrogen-bond donors (Lipinski definition) is 1. The van der Waals surface area contributed by atoms with E-state index in [1.165, 1.54) is 22.9 Å². The van der Waals surface area contributed by atoms with Crippen LogP contribution in [0, 0.1) is 5.92 Å². The van der Waals surface area contributed by atoms with Crippen molar-refractivity contribution in [2.45, 2.75) is 46.2 Å². The predicted octanol–water partition coefficient (Wildman–Crippen LogP) is 2.88. The van der Waals surface area contributed by atoms with Crippen molar-refractivity contribution < 1.29 is 0 Å². The maximum Gasteiger partial charge on any atom is 0.185 e. The molecule has 0 aromatic carbocycles. The van der Waals surface area contributed by atoms with Crippen molar-refractivity contribution in [2.75, 3.05) is 18.0 Å². The number of anilines is 1. The van der Waals surface area contributed by atoms with Gasteiger partial charge in [0.15, 0.2) is 5.13 Å². The number of nitrogens with zero attached hydrogens (tertiary/aromatic N) is 2. The molecule has 1 aromatic heterocycles. The normalized spacial score (nSPS) is 25.2. The maximum absolute atomic E-state index is 4.58. The lowest BCUT2D eigenvalue weighted by Gasteiger charge is -2.36. The molecule has 0 radical (unpaired) electrons. The standard InChI is InChI=1S/C13H23N3S/c1-4-14-7-12-8-15-13(17-12)16-9-10(2)5-6-11(16)3/h8,10-11,14H,4-7,9H2,1-3H3. The van der Waals surface area contributed by atoms with E-state index in [4.69, 9.17) is 0 Å². The molecular formula is C13H23N3S. The predicted molar refractivity (Wildman–Crippen MR) is 74.7 cm³/mol. The van der Waals surface area contributed by atoms with E-state index in [1.807, 2.05) is 17.5 Å². The smallest absolute Gasteiger partial charge is 0.185 e. The Morgan fingerprint density at radius 3 is 3.06 bits per heavy atom. The van der Waals surface area contributed by atoms with Crippen LogP contribution in [0.4, 0.5) is 5.13 Å². The fourth-order valence-corrected chi connectivity index (χ4v) is 3.31. The third-order valence-corrected chi connectivity index (χ3v) is 4.49. The van der Waals surface area contributed by atoms with Crippen molar-refractivity contribution in [3.05, 3.63) is 11.1 Å². The first-order chi connectivity index (χ1) is 8.20. The van der Waals surface area contributed by atoms with Gasteiger partial charge in [-0.05, 0) is 32.2 Å². The van der Waals surface area contributed by atoms with Gasteiger partial charge in [-0.15, -0.1) is 11.3 Å². The molecule has 17 heavy (non-hydrogen) atoms. The number of thiazole rings is 1. The third-order valence-electron chi connectivity index (χ3n) is 3.45. The first-order valence-electron chi connectivity index (χ1n) is 6.62. The lowest BCUT2D eigenvalue weighted by Crippen LogP contribution is -2.40. The Balaban J connectivity index is 2.02. The van der Waals surface area contributed by atoms with Crippen molar-refractivity contribution in [1.29, 1.82) is 0 Å². The summed E-state index contributed by atoms with van der Waals surface area (Å²) in [5.41, 5.74) is 0. The van der Waals surface area contributed by atoms with Crippen LogP contribution < -0.4 is 10.2 Å². The van der Waals surface area contributed by atoms with Crippen LogP contribution in [0.5, 0.6) is 0 Å². The summed E-state index contributed by atoms with van der Waals surface area (Å²) in [7, 11) is 0. The molecule has 1 N–H and O–H groups in total. The maximum atomic E-state index is 4.58. The second kappa shape index (κ2) is 5.83. The lowest BCUT2D eigenvalue weighted by molar-refractivity contribution is 0.390. The van der Waals surface area contributed by atoms with Gasteiger partial charge in [0, 0.05) is 30.2 Å². The van der Waals surface area contributed by atoms with Crippen LogP contribution in [0.15, 0.2) is 6.20 Å². The van der Waals surface area contributed by atoms with E-state index in [1.54, 1.807) is 0 Å². The molecule has 4 heteroatoms. The minimum Gasteiger partial charge on any atom is -0.345 e. The Morgan fingerprint density at radius 2 is 2.29 bits per heavy atom. The van der Waals surface area contributed by atoms with Crippen LogP contribution in [-0.4, -0.2) is 24.1 Å². The van der Waals surface area contributed by atoms with Gasteiger partial charge in [0.2, 0.25) is 0 Å². The summed E-state index contributed by atoms with van der Waals surface area (Å²) in [6, 6.07) is 0.643. The number of rotatable bonds is 4. The Hall–Kier alpha value is -0.610. The molecule has 0 amide bonds. The summed E-state index contributed by atoms with van der Waals surface area (Å²) < 4.78 is 0. The molecule has 3 nitrogen and oxygen atoms in total. The van der Waals surface area contributed by atoms with E-state index in [2.05, 4.69) is 36.0 Å². The van der Waals surface area contributed by atoms with Gasteiger partial charge < -0.3 is 10.2 Å². The van der Waals surface area contributed by atoms with Crippen molar-refractivity contribution in [3.8, 4) is 0 Å². The molecule has 2 unspecified atom stereocenters. The molecule has 0 bridgehead atoms. The van der Waals surface area contributed by atoms with Crippen LogP contribution in [0.1, 0.15) is 38.5 Å². The largest absolute Gasteiger partial charge is 0.345 e. The average Bonchev–Trinajstić information content (AvgIpc) is 2.78. The van der Waals surface area contributed by atoms with Gasteiger partial charge >= 0.3 is 0 Å². The molecule has 1 aliphatic heterocycles. The van der Waals surface area contributed by atoms with E-state index in [9.17, 15) is 0 Å². The van der Waals surface area contributed by atoms with Gasteiger partial charge in [-0.1, -0.05) is 13.8 Å². The Kier molecular flexibility index (Phi) is 4.40. The van der Waals surface area contributed by atoms with E-state index in [0.717, 1.165) is 25.6 Å². The van der Waals surface area contributed by atoms with Gasteiger partial charge in [0.05, 0.1) is 0 Å². The zero-order chi connectivity index (χ0) is 12.3. The molecule has 1 aromatic rings. The minimum atomic E-state index is 0.643. The van der Waals surface area contributed by atoms with Gasteiger partial charge in [0.1, 0.15) is 0 Å². The SMILES string of the molecule is CCNCc1cnc(N2CC(C)CCC2C)s1. The van der Waals surface area contributed by atoms with E-state index in [0.29, 0.717) is 6.04 Å². The Labute approximate surface area is 108 Å². The molecule has 96 valence electrons. The number of hydrogen-bond acceptors (Lipinski definition) is 4. The summed E-state index contributed by atoms with van der Waals surface area (Å²) >= 11 is 1.84. The zero-order valence-electron chi connectivity index (χ0n) is 11.1. The van der Waals surface area contributed by atoms with Crippen molar-refractivity contribution in [2.24, 2.45) is 5.92 Å². The highest BCUT2D eigenvalue weighted by Gasteiger charge is 2.24. The molecule has 2 rings (SSSR count). The molecule has 2 atom stereocenters. The molecule has 0 aliphatic carbocycles. The summed E-state index contributed by atoms with van der Waals surface area (Å²) in [4.78, 5) is 8.40. The van der Waals surface area contributed by atoms with Crippen LogP contribution in [0.3, 0.4) is 0 Å². The van der Waals surface area contributed by atoms with Gasteiger partial charge in [-0.25, -0.2) is 4.98 Å². The topological polar surface area (TPSA) is 28.2 Å². The van der Waals surface area contributed by atoms with Crippen molar-refractivity contribution in [3.63, 3.8) is 0 Å². The first kappa shape index (κ1) is 12.8. The first-order valence-corrected chi connectivity index (χ1v) is 7.44. The Morgan fingerprint density at radius 1 is 1.47 bits per heavy atom. The second-order valence-corrected chi connectivity index (χ2v) is 6.17. The Bertz CT molecular complexity index is 350. The highest BCUT2D eigenvalue weighted by atomic mass is 32.1. The fraction of sp³-hybridized carbons (Fsp3) is 0.769. The van der Waals surface area contributed by atoms with Crippen LogP contribution in [0.25, 0.3) is 0 Å². The molecule has 2 heterocycles. The quantitative estimate of drug-likeness (QED) is 0.894. The monoisotopic (exact) mass is 253 g/mol. The summed E-state index contributed by atoms with van der Waals surface area (Å²) in [5, 5.41) is 4.56. The summed E-state index contributed by atoms with van der Waals surface area (Å²) in [6.45, 7) is 9.92. The molecule has 1 fully saturated rings. The summed E-state index contributed by atoms with van der Waals surface area (Å²) in [5.74, 6) is 0.798. The average molecular weight is 253 g/mol. The van der Waals surface area contributed by atoms with Crippen LogP contribution in [0.2, 0.25) is 0 Å². The molecule has 1 aliphatic rings. The van der Waals surface area contributed by atoms with Gasteiger partial charge in [-0.2, -0.15) is 0 Å².